The van der Waals surface area contributed by atoms with Crippen LogP contribution in [0.4, 0.5) is 0 Å². The molecule has 2 aromatic rings. The number of rotatable bonds is 4. The van der Waals surface area contributed by atoms with Crippen molar-refractivity contribution in [3.8, 4) is 6.07 Å². The lowest BCUT2D eigenvalue weighted by molar-refractivity contribution is -0.117. The Morgan fingerprint density at radius 3 is 3.00 bits per heavy atom. The summed E-state index contributed by atoms with van der Waals surface area (Å²) in [6, 6.07) is 9.08. The fourth-order valence-electron chi connectivity index (χ4n) is 1.34. The first kappa shape index (κ1) is 12.1. The summed E-state index contributed by atoms with van der Waals surface area (Å²) in [4.78, 5) is 12.8. The average Bonchev–Trinajstić information content (AvgIpc) is 3.06. The van der Waals surface area contributed by atoms with Gasteiger partial charge in [0.25, 0.3) is 5.91 Å². The molecule has 1 amide bonds. The van der Waals surface area contributed by atoms with Crippen molar-refractivity contribution in [2.75, 3.05) is 0 Å². The van der Waals surface area contributed by atoms with Crippen molar-refractivity contribution in [2.45, 2.75) is 6.54 Å². The smallest absolute Gasteiger partial charge is 0.262 e. The fourth-order valence-corrected chi connectivity index (χ4v) is 1.98. The van der Waals surface area contributed by atoms with E-state index in [0.29, 0.717) is 12.3 Å². The number of thiophene rings is 1. The zero-order chi connectivity index (χ0) is 12.8. The van der Waals surface area contributed by atoms with Gasteiger partial charge in [-0.1, -0.05) is 6.07 Å². The molecule has 2 rings (SSSR count). The minimum atomic E-state index is -0.401. The van der Waals surface area contributed by atoms with Gasteiger partial charge in [-0.25, -0.2) is 0 Å². The number of amides is 1. The van der Waals surface area contributed by atoms with Crippen molar-refractivity contribution in [1.29, 1.82) is 5.26 Å². The van der Waals surface area contributed by atoms with Crippen LogP contribution in [0.2, 0.25) is 0 Å². The number of nitrogens with one attached hydrogen (secondary N) is 1. The summed E-state index contributed by atoms with van der Waals surface area (Å²) in [5.41, 5.74) is 0.0292. The Bertz CT molecular complexity index is 577. The molecule has 0 fully saturated rings. The van der Waals surface area contributed by atoms with Gasteiger partial charge in [0.05, 0.1) is 12.8 Å². The summed E-state index contributed by atoms with van der Waals surface area (Å²) in [5, 5.41) is 13.6. The maximum Gasteiger partial charge on any atom is 0.262 e. The van der Waals surface area contributed by atoms with Gasteiger partial charge in [-0.15, -0.1) is 11.3 Å². The number of furan rings is 1. The molecule has 0 radical (unpaired) electrons. The standard InChI is InChI=1S/C13H10N2O2S/c14-8-10(7-11-3-1-5-17-11)13(16)15-9-12-4-2-6-18-12/h1-7H,9H2,(H,15,16)/b10-7-. The molecule has 0 saturated heterocycles. The molecule has 0 aliphatic heterocycles. The molecule has 0 spiro atoms. The first-order valence-corrected chi connectivity index (χ1v) is 6.13. The number of carbonyl (C=O) groups excluding carboxylic acids is 1. The normalized spacial score (nSPS) is 10.9. The van der Waals surface area contributed by atoms with Crippen LogP contribution in [0.15, 0.2) is 45.9 Å². The van der Waals surface area contributed by atoms with Gasteiger partial charge < -0.3 is 9.73 Å². The summed E-state index contributed by atoms with van der Waals surface area (Å²) in [5.74, 6) is 0.0834. The van der Waals surface area contributed by atoms with E-state index < -0.39 is 5.91 Å². The third-order valence-corrected chi connectivity index (χ3v) is 3.07. The first-order chi connectivity index (χ1) is 8.79. The topological polar surface area (TPSA) is 66.0 Å². The van der Waals surface area contributed by atoms with Crippen LogP contribution in [0, 0.1) is 11.3 Å². The van der Waals surface area contributed by atoms with Crippen molar-refractivity contribution in [3.05, 3.63) is 52.1 Å². The molecule has 2 heterocycles. The first-order valence-electron chi connectivity index (χ1n) is 5.25. The zero-order valence-electron chi connectivity index (χ0n) is 9.42. The van der Waals surface area contributed by atoms with E-state index in [1.165, 1.54) is 12.3 Å². The van der Waals surface area contributed by atoms with E-state index in [9.17, 15) is 4.79 Å². The van der Waals surface area contributed by atoms with E-state index >= 15 is 0 Å². The highest BCUT2D eigenvalue weighted by molar-refractivity contribution is 7.09. The van der Waals surface area contributed by atoms with Crippen molar-refractivity contribution in [1.82, 2.24) is 5.32 Å². The molecular formula is C13H10N2O2S. The summed E-state index contributed by atoms with van der Waals surface area (Å²) in [6.07, 6.45) is 2.91. The van der Waals surface area contributed by atoms with Crippen LogP contribution in [0.1, 0.15) is 10.6 Å². The molecule has 0 saturated carbocycles. The van der Waals surface area contributed by atoms with Crippen molar-refractivity contribution in [3.63, 3.8) is 0 Å². The van der Waals surface area contributed by atoms with Crippen LogP contribution in [-0.4, -0.2) is 5.91 Å². The molecule has 90 valence electrons. The molecule has 0 unspecified atom stereocenters. The number of nitriles is 1. The maximum absolute atomic E-state index is 11.8. The Balaban J connectivity index is 2.00. The molecule has 18 heavy (non-hydrogen) atoms. The lowest BCUT2D eigenvalue weighted by Gasteiger charge is -2.01. The van der Waals surface area contributed by atoms with Gasteiger partial charge in [-0.2, -0.15) is 5.26 Å². The Kier molecular flexibility index (Phi) is 3.94. The van der Waals surface area contributed by atoms with Crippen LogP contribution in [0.25, 0.3) is 6.08 Å². The molecule has 0 aromatic carbocycles. The predicted molar refractivity (Wildman–Crippen MR) is 68.5 cm³/mol. The molecule has 0 bridgehead atoms. The number of carbonyl (C=O) groups is 1. The third kappa shape index (κ3) is 3.09. The van der Waals surface area contributed by atoms with E-state index in [1.807, 2.05) is 23.6 Å². The molecule has 4 nitrogen and oxygen atoms in total. The second-order valence-electron chi connectivity index (χ2n) is 3.45. The van der Waals surface area contributed by atoms with Gasteiger partial charge in [0, 0.05) is 11.0 Å². The van der Waals surface area contributed by atoms with E-state index in [1.54, 1.807) is 23.5 Å². The predicted octanol–water partition coefficient (Wildman–Crippen LogP) is 2.56. The van der Waals surface area contributed by atoms with Gasteiger partial charge in [-0.3, -0.25) is 4.79 Å². The molecule has 1 N–H and O–H groups in total. The van der Waals surface area contributed by atoms with E-state index in [2.05, 4.69) is 5.32 Å². The molecule has 0 aliphatic carbocycles. The zero-order valence-corrected chi connectivity index (χ0v) is 10.2. The maximum atomic E-state index is 11.8. The Morgan fingerprint density at radius 2 is 2.39 bits per heavy atom. The highest BCUT2D eigenvalue weighted by Gasteiger charge is 2.09. The average molecular weight is 258 g/mol. The quantitative estimate of drug-likeness (QED) is 0.677. The van der Waals surface area contributed by atoms with Crippen LogP contribution in [0.3, 0.4) is 0 Å². The van der Waals surface area contributed by atoms with Crippen molar-refractivity contribution < 1.29 is 9.21 Å². The molecule has 0 atom stereocenters. The minimum Gasteiger partial charge on any atom is -0.465 e. The Morgan fingerprint density at radius 1 is 1.50 bits per heavy atom. The summed E-state index contributed by atoms with van der Waals surface area (Å²) in [6.45, 7) is 0.424. The number of hydrogen-bond acceptors (Lipinski definition) is 4. The summed E-state index contributed by atoms with van der Waals surface area (Å²) >= 11 is 1.55. The molecule has 2 aromatic heterocycles. The molecule has 5 heteroatoms. The Labute approximate surface area is 108 Å². The molecular weight excluding hydrogens is 248 g/mol. The second kappa shape index (κ2) is 5.84. The SMILES string of the molecule is N#C/C(=C/c1ccco1)C(=O)NCc1cccs1. The number of nitrogens with zero attached hydrogens (tertiary/aromatic N) is 1. The second-order valence-corrected chi connectivity index (χ2v) is 4.48. The van der Waals surface area contributed by atoms with Gasteiger partial charge in [0.1, 0.15) is 17.4 Å². The van der Waals surface area contributed by atoms with Crippen LogP contribution < -0.4 is 5.32 Å². The highest BCUT2D eigenvalue weighted by Crippen LogP contribution is 2.09. The van der Waals surface area contributed by atoms with E-state index in [-0.39, 0.29) is 5.57 Å². The van der Waals surface area contributed by atoms with Crippen molar-refractivity contribution in [2.24, 2.45) is 0 Å². The van der Waals surface area contributed by atoms with Gasteiger partial charge in [-0.05, 0) is 23.6 Å². The number of hydrogen-bond donors (Lipinski definition) is 1. The van der Waals surface area contributed by atoms with Gasteiger partial charge in [0.2, 0.25) is 0 Å². The van der Waals surface area contributed by atoms with Crippen LogP contribution in [-0.2, 0) is 11.3 Å². The fraction of sp³-hybridized carbons (Fsp3) is 0.0769. The monoisotopic (exact) mass is 258 g/mol. The minimum absolute atomic E-state index is 0.0292. The largest absolute Gasteiger partial charge is 0.465 e. The third-order valence-electron chi connectivity index (χ3n) is 2.20. The lowest BCUT2D eigenvalue weighted by atomic mass is 10.2. The van der Waals surface area contributed by atoms with Crippen LogP contribution in [0.5, 0.6) is 0 Å². The summed E-state index contributed by atoms with van der Waals surface area (Å²) in [7, 11) is 0. The highest BCUT2D eigenvalue weighted by atomic mass is 32.1. The lowest BCUT2D eigenvalue weighted by Crippen LogP contribution is -2.23. The van der Waals surface area contributed by atoms with E-state index in [4.69, 9.17) is 9.68 Å². The summed E-state index contributed by atoms with van der Waals surface area (Å²) < 4.78 is 5.06. The van der Waals surface area contributed by atoms with Crippen LogP contribution >= 0.6 is 11.3 Å². The van der Waals surface area contributed by atoms with E-state index in [0.717, 1.165) is 4.88 Å². The molecule has 0 aliphatic rings. The Hall–Kier alpha value is -2.32. The van der Waals surface area contributed by atoms with Crippen molar-refractivity contribution >= 4 is 23.3 Å². The van der Waals surface area contributed by atoms with Gasteiger partial charge >= 0.3 is 0 Å². The van der Waals surface area contributed by atoms with Gasteiger partial charge in [0.15, 0.2) is 0 Å².